The van der Waals surface area contributed by atoms with Gasteiger partial charge in [-0.3, -0.25) is 0 Å². The summed E-state index contributed by atoms with van der Waals surface area (Å²) in [6.45, 7) is 3.78. The zero-order valence-corrected chi connectivity index (χ0v) is 15.1. The van der Waals surface area contributed by atoms with Crippen molar-refractivity contribution in [2.75, 3.05) is 0 Å². The summed E-state index contributed by atoms with van der Waals surface area (Å²) < 4.78 is 10.4. The number of hydrogen-bond acceptors (Lipinski definition) is 6. The molecule has 4 rings (SSSR count). The third-order valence-corrected chi connectivity index (χ3v) is 4.49. The molecular formula is C21H18N2O4. The summed E-state index contributed by atoms with van der Waals surface area (Å²) in [5.41, 5.74) is 2.36. The Balaban J connectivity index is 1.73. The number of aromatic nitrogens is 2. The smallest absolute Gasteiger partial charge is 0.346 e. The fraction of sp³-hybridized carbons (Fsp3) is 0.238. The van der Waals surface area contributed by atoms with Crippen molar-refractivity contribution in [1.29, 1.82) is 0 Å². The zero-order chi connectivity index (χ0) is 19.0. The van der Waals surface area contributed by atoms with Crippen LogP contribution in [-0.2, 0) is 19.3 Å². The van der Waals surface area contributed by atoms with Crippen LogP contribution in [0.1, 0.15) is 36.8 Å². The van der Waals surface area contributed by atoms with Gasteiger partial charge in [0.15, 0.2) is 11.8 Å². The van der Waals surface area contributed by atoms with Crippen molar-refractivity contribution < 1.29 is 8.83 Å². The summed E-state index contributed by atoms with van der Waals surface area (Å²) >= 11 is 0. The molecule has 0 fully saturated rings. The Morgan fingerprint density at radius 3 is 1.59 bits per heavy atom. The normalized spacial score (nSPS) is 11.3. The first-order chi connectivity index (χ1) is 13.1. The Labute approximate surface area is 154 Å². The number of aryl methyl sites for hydroxylation is 2. The lowest BCUT2D eigenvalue weighted by molar-refractivity contribution is 0.449. The number of nitrogens with zero attached hydrogens (tertiary/aromatic N) is 2. The monoisotopic (exact) mass is 362 g/mol. The summed E-state index contributed by atoms with van der Waals surface area (Å²) in [4.78, 5) is 33.0. The second-order valence-corrected chi connectivity index (χ2v) is 6.38. The fourth-order valence-electron chi connectivity index (χ4n) is 3.08. The first kappa shape index (κ1) is 17.1. The van der Waals surface area contributed by atoms with E-state index in [9.17, 15) is 9.59 Å². The first-order valence-electron chi connectivity index (χ1n) is 8.92. The van der Waals surface area contributed by atoms with E-state index in [1.807, 2.05) is 38.1 Å². The topological polar surface area (TPSA) is 86.2 Å². The maximum absolute atomic E-state index is 12.2. The lowest BCUT2D eigenvalue weighted by Crippen LogP contribution is -2.06. The molecule has 0 saturated carbocycles. The molecule has 6 heteroatoms. The average molecular weight is 362 g/mol. The maximum atomic E-state index is 12.2. The third-order valence-electron chi connectivity index (χ3n) is 4.49. The fourth-order valence-corrected chi connectivity index (χ4v) is 3.08. The van der Waals surface area contributed by atoms with E-state index >= 15 is 0 Å². The molecule has 0 aliphatic heterocycles. The van der Waals surface area contributed by atoms with Crippen molar-refractivity contribution in [3.63, 3.8) is 0 Å². The molecular weight excluding hydrogens is 344 g/mol. The van der Waals surface area contributed by atoms with Crippen LogP contribution in [0.2, 0.25) is 0 Å². The van der Waals surface area contributed by atoms with Crippen LogP contribution < -0.4 is 11.3 Å². The molecule has 0 atom stereocenters. The summed E-state index contributed by atoms with van der Waals surface area (Å²) in [6, 6.07) is 11.1. The van der Waals surface area contributed by atoms with E-state index in [1.165, 1.54) is 0 Å². The molecule has 0 bridgehead atoms. The van der Waals surface area contributed by atoms with E-state index in [-0.39, 0.29) is 11.3 Å². The van der Waals surface area contributed by atoms with Gasteiger partial charge in [-0.15, -0.1) is 0 Å². The molecule has 4 aromatic rings. The Morgan fingerprint density at radius 1 is 0.741 bits per heavy atom. The van der Waals surface area contributed by atoms with Crippen LogP contribution in [0.4, 0.5) is 0 Å². The molecule has 2 aromatic heterocycles. The number of hydrogen-bond donors (Lipinski definition) is 0. The summed E-state index contributed by atoms with van der Waals surface area (Å²) in [5.74, 6) is 0.862. The van der Waals surface area contributed by atoms with Crippen LogP contribution in [0, 0.1) is 0 Å². The summed E-state index contributed by atoms with van der Waals surface area (Å²) in [7, 11) is 0. The summed E-state index contributed by atoms with van der Waals surface area (Å²) in [5, 5.41) is 0.915. The van der Waals surface area contributed by atoms with Crippen molar-refractivity contribution in [2.24, 2.45) is 0 Å². The van der Waals surface area contributed by atoms with E-state index in [0.29, 0.717) is 52.8 Å². The predicted octanol–water partition coefficient (Wildman–Crippen LogP) is 3.41. The minimum absolute atomic E-state index is 0.380. The molecule has 2 aromatic carbocycles. The van der Waals surface area contributed by atoms with Gasteiger partial charge in [0.05, 0.1) is 21.8 Å². The standard InChI is InChI=1S/C21H18N2O4/c1-3-18-22-16-7-5-12(10-14(16)20(24)26-18)9-13-6-8-17-15(11-13)21(25)27-19(4-2)23-17/h5-8,10-11H,3-4,9H2,1-2H3. The Morgan fingerprint density at radius 2 is 1.19 bits per heavy atom. The van der Waals surface area contributed by atoms with Gasteiger partial charge in [-0.2, -0.15) is 0 Å². The minimum Gasteiger partial charge on any atom is -0.408 e. The van der Waals surface area contributed by atoms with Gasteiger partial charge in [0.1, 0.15) is 0 Å². The SMILES string of the molecule is CCc1nc2ccc(Cc3ccc4nc(CC)oc(=O)c4c3)cc2c(=O)o1. The number of rotatable bonds is 4. The van der Waals surface area contributed by atoms with Crippen LogP contribution in [0.5, 0.6) is 0 Å². The lowest BCUT2D eigenvalue weighted by Gasteiger charge is -2.06. The number of benzene rings is 2. The molecule has 6 nitrogen and oxygen atoms in total. The molecule has 0 saturated heterocycles. The van der Waals surface area contributed by atoms with Gasteiger partial charge in [0.2, 0.25) is 0 Å². The van der Waals surface area contributed by atoms with Crippen molar-refractivity contribution in [3.8, 4) is 0 Å². The zero-order valence-electron chi connectivity index (χ0n) is 15.1. The average Bonchev–Trinajstić information content (AvgIpc) is 2.68. The molecule has 136 valence electrons. The van der Waals surface area contributed by atoms with Crippen molar-refractivity contribution in [3.05, 3.63) is 80.1 Å². The quantitative estimate of drug-likeness (QED) is 0.553. The highest BCUT2D eigenvalue weighted by Gasteiger charge is 2.09. The molecule has 0 aliphatic carbocycles. The molecule has 0 N–H and O–H groups in total. The molecule has 2 heterocycles. The van der Waals surface area contributed by atoms with Gasteiger partial charge in [-0.1, -0.05) is 26.0 Å². The predicted molar refractivity (Wildman–Crippen MR) is 102 cm³/mol. The first-order valence-corrected chi connectivity index (χ1v) is 8.92. The summed E-state index contributed by atoms with van der Waals surface area (Å²) in [6.07, 6.45) is 1.70. The second kappa shape index (κ2) is 6.79. The van der Waals surface area contributed by atoms with E-state index in [4.69, 9.17) is 8.83 Å². The third kappa shape index (κ3) is 3.26. The maximum Gasteiger partial charge on any atom is 0.346 e. The second-order valence-electron chi connectivity index (χ2n) is 6.38. The van der Waals surface area contributed by atoms with Gasteiger partial charge >= 0.3 is 11.3 Å². The number of fused-ring (bicyclic) bond motifs is 2. The molecule has 0 spiro atoms. The van der Waals surface area contributed by atoms with Crippen LogP contribution in [-0.4, -0.2) is 9.97 Å². The van der Waals surface area contributed by atoms with Gasteiger partial charge in [0.25, 0.3) is 0 Å². The van der Waals surface area contributed by atoms with Crippen LogP contribution in [0.3, 0.4) is 0 Å². The highest BCUT2D eigenvalue weighted by Crippen LogP contribution is 2.18. The molecule has 0 aliphatic rings. The Hall–Kier alpha value is -3.28. The molecule has 0 radical (unpaired) electrons. The van der Waals surface area contributed by atoms with Crippen molar-refractivity contribution in [2.45, 2.75) is 33.1 Å². The Bertz CT molecular complexity index is 1170. The highest BCUT2D eigenvalue weighted by molar-refractivity contribution is 5.79. The Kier molecular flexibility index (Phi) is 4.32. The van der Waals surface area contributed by atoms with E-state index in [1.54, 1.807) is 12.1 Å². The van der Waals surface area contributed by atoms with Crippen LogP contribution in [0.25, 0.3) is 21.8 Å². The van der Waals surface area contributed by atoms with Gasteiger partial charge in [0, 0.05) is 12.8 Å². The van der Waals surface area contributed by atoms with Crippen LogP contribution >= 0.6 is 0 Å². The minimum atomic E-state index is -0.380. The van der Waals surface area contributed by atoms with Crippen molar-refractivity contribution >= 4 is 21.8 Å². The molecule has 0 unspecified atom stereocenters. The molecule has 27 heavy (non-hydrogen) atoms. The molecule has 0 amide bonds. The lowest BCUT2D eigenvalue weighted by atomic mass is 10.0. The largest absolute Gasteiger partial charge is 0.408 e. The van der Waals surface area contributed by atoms with E-state index in [2.05, 4.69) is 9.97 Å². The van der Waals surface area contributed by atoms with Crippen LogP contribution in [0.15, 0.2) is 54.8 Å². The highest BCUT2D eigenvalue weighted by atomic mass is 16.4. The van der Waals surface area contributed by atoms with Gasteiger partial charge in [-0.25, -0.2) is 19.6 Å². The van der Waals surface area contributed by atoms with E-state index in [0.717, 1.165) is 11.1 Å². The van der Waals surface area contributed by atoms with Crippen molar-refractivity contribution in [1.82, 2.24) is 9.97 Å². The van der Waals surface area contributed by atoms with Gasteiger partial charge < -0.3 is 8.83 Å². The van der Waals surface area contributed by atoms with E-state index < -0.39 is 0 Å². The van der Waals surface area contributed by atoms with Gasteiger partial charge in [-0.05, 0) is 41.8 Å².